The third-order valence-corrected chi connectivity index (χ3v) is 2.80. The van der Waals surface area contributed by atoms with E-state index in [0.717, 1.165) is 25.8 Å². The minimum absolute atomic E-state index is 0.00722. The minimum Gasteiger partial charge on any atom is -0.507 e. The van der Waals surface area contributed by atoms with Gasteiger partial charge in [-0.3, -0.25) is 4.79 Å². The summed E-state index contributed by atoms with van der Waals surface area (Å²) in [6.45, 7) is 0.893. The van der Waals surface area contributed by atoms with Gasteiger partial charge in [0.25, 0.3) is 0 Å². The number of carbonyl (C=O) groups excluding carboxylic acids is 1. The van der Waals surface area contributed by atoms with Gasteiger partial charge in [-0.15, -0.1) is 0 Å². The van der Waals surface area contributed by atoms with Crippen molar-refractivity contribution < 1.29 is 9.90 Å². The molecule has 1 aromatic carbocycles. The molecule has 0 aliphatic carbocycles. The maximum absolute atomic E-state index is 12.0. The number of phenolic OH excluding ortho intramolecular Hbond substituents is 1. The van der Waals surface area contributed by atoms with E-state index in [4.69, 9.17) is 0 Å². The molecule has 0 saturated carbocycles. The van der Waals surface area contributed by atoms with Crippen LogP contribution in [0.3, 0.4) is 0 Å². The Kier molecular flexibility index (Phi) is 3.02. The molecule has 0 amide bonds. The molecule has 1 saturated heterocycles. The molecule has 2 rings (SSSR count). The van der Waals surface area contributed by atoms with Gasteiger partial charge in [0.1, 0.15) is 5.75 Å². The molecule has 0 spiro atoms. The molecular formula is C12H15NO2. The van der Waals surface area contributed by atoms with E-state index in [1.165, 1.54) is 0 Å². The molecule has 1 fully saturated rings. The van der Waals surface area contributed by atoms with E-state index in [-0.39, 0.29) is 17.6 Å². The summed E-state index contributed by atoms with van der Waals surface area (Å²) >= 11 is 0. The zero-order valence-corrected chi connectivity index (χ0v) is 8.57. The lowest BCUT2D eigenvalue weighted by Crippen LogP contribution is -2.40. The third kappa shape index (κ3) is 2.18. The highest BCUT2D eigenvalue weighted by molar-refractivity contribution is 6.02. The van der Waals surface area contributed by atoms with E-state index in [9.17, 15) is 9.90 Å². The smallest absolute Gasteiger partial charge is 0.183 e. The van der Waals surface area contributed by atoms with Crippen molar-refractivity contribution in [3.63, 3.8) is 0 Å². The standard InChI is InChI=1S/C12H15NO2/c14-11-7-2-1-5-9(11)12(15)10-6-3-4-8-13-10/h1-2,5,7,10,13-14H,3-4,6,8H2. The number of rotatable bonds is 2. The van der Waals surface area contributed by atoms with Crippen molar-refractivity contribution >= 4 is 5.78 Å². The average molecular weight is 205 g/mol. The number of nitrogens with one attached hydrogen (secondary N) is 1. The molecule has 3 nitrogen and oxygen atoms in total. The lowest BCUT2D eigenvalue weighted by atomic mass is 9.96. The first-order valence-corrected chi connectivity index (χ1v) is 5.34. The first-order valence-electron chi connectivity index (χ1n) is 5.34. The lowest BCUT2D eigenvalue weighted by molar-refractivity contribution is 0.0924. The van der Waals surface area contributed by atoms with E-state index in [0.29, 0.717) is 5.56 Å². The van der Waals surface area contributed by atoms with Crippen LogP contribution >= 0.6 is 0 Å². The summed E-state index contributed by atoms with van der Waals surface area (Å²) in [5.74, 6) is 0.0858. The molecule has 1 heterocycles. The van der Waals surface area contributed by atoms with Crippen LogP contribution in [0.4, 0.5) is 0 Å². The van der Waals surface area contributed by atoms with Gasteiger partial charge in [0.2, 0.25) is 0 Å². The van der Waals surface area contributed by atoms with Gasteiger partial charge in [0, 0.05) is 0 Å². The molecule has 2 N–H and O–H groups in total. The summed E-state index contributed by atoms with van der Waals surface area (Å²) in [6, 6.07) is 6.60. The SMILES string of the molecule is O=C(c1ccccc1O)C1CCCCN1. The van der Waals surface area contributed by atoms with Crippen LogP contribution in [0.2, 0.25) is 0 Å². The van der Waals surface area contributed by atoms with Gasteiger partial charge < -0.3 is 10.4 Å². The Bertz CT molecular complexity index is 356. The lowest BCUT2D eigenvalue weighted by Gasteiger charge is -2.22. The molecule has 80 valence electrons. The molecule has 1 unspecified atom stereocenters. The Labute approximate surface area is 89.1 Å². The van der Waals surface area contributed by atoms with E-state index >= 15 is 0 Å². The van der Waals surface area contributed by atoms with Crippen molar-refractivity contribution in [1.29, 1.82) is 0 Å². The van der Waals surface area contributed by atoms with Gasteiger partial charge in [0.05, 0.1) is 11.6 Å². The number of aromatic hydroxyl groups is 1. The second-order valence-electron chi connectivity index (χ2n) is 3.88. The van der Waals surface area contributed by atoms with Crippen LogP contribution in [-0.2, 0) is 0 Å². The summed E-state index contributed by atoms with van der Waals surface area (Å²) in [4.78, 5) is 12.0. The predicted molar refractivity (Wildman–Crippen MR) is 58.1 cm³/mol. The van der Waals surface area contributed by atoms with Crippen LogP contribution in [0.15, 0.2) is 24.3 Å². The number of Topliss-reactive ketones (excluding diaryl/α,β-unsaturated/α-hetero) is 1. The Hall–Kier alpha value is -1.35. The second kappa shape index (κ2) is 4.45. The highest BCUT2D eigenvalue weighted by Gasteiger charge is 2.23. The highest BCUT2D eigenvalue weighted by Crippen LogP contribution is 2.20. The first kappa shape index (κ1) is 10.2. The summed E-state index contributed by atoms with van der Waals surface area (Å²) in [5.41, 5.74) is 0.428. The van der Waals surface area contributed by atoms with Crippen molar-refractivity contribution in [3.05, 3.63) is 29.8 Å². The maximum atomic E-state index is 12.0. The number of carbonyl (C=O) groups is 1. The molecule has 1 aliphatic heterocycles. The molecule has 1 aliphatic rings. The van der Waals surface area contributed by atoms with Crippen LogP contribution < -0.4 is 5.32 Å². The molecule has 1 aromatic rings. The Morgan fingerprint density at radius 3 is 2.80 bits per heavy atom. The van der Waals surface area contributed by atoms with Crippen molar-refractivity contribution in [2.45, 2.75) is 25.3 Å². The van der Waals surface area contributed by atoms with Crippen molar-refractivity contribution in [3.8, 4) is 5.75 Å². The fraction of sp³-hybridized carbons (Fsp3) is 0.417. The van der Waals surface area contributed by atoms with Crippen molar-refractivity contribution in [2.75, 3.05) is 6.54 Å². The average Bonchev–Trinajstić information content (AvgIpc) is 2.30. The normalized spacial score (nSPS) is 21.2. The van der Waals surface area contributed by atoms with Crippen LogP contribution in [0.1, 0.15) is 29.6 Å². The van der Waals surface area contributed by atoms with Gasteiger partial charge in [-0.05, 0) is 31.5 Å². The fourth-order valence-corrected chi connectivity index (χ4v) is 1.95. The molecule has 15 heavy (non-hydrogen) atoms. The second-order valence-corrected chi connectivity index (χ2v) is 3.88. The number of benzene rings is 1. The van der Waals surface area contributed by atoms with Crippen LogP contribution in [-0.4, -0.2) is 23.5 Å². The Morgan fingerprint density at radius 2 is 2.13 bits per heavy atom. The van der Waals surface area contributed by atoms with Gasteiger partial charge in [-0.25, -0.2) is 0 Å². The molecule has 3 heteroatoms. The van der Waals surface area contributed by atoms with Gasteiger partial charge in [0.15, 0.2) is 5.78 Å². The number of piperidine rings is 1. The minimum atomic E-state index is -0.118. The topological polar surface area (TPSA) is 49.3 Å². The van der Waals surface area contributed by atoms with Crippen molar-refractivity contribution in [1.82, 2.24) is 5.32 Å². The molecular weight excluding hydrogens is 190 g/mol. The van der Waals surface area contributed by atoms with E-state index in [2.05, 4.69) is 5.32 Å². The van der Waals surface area contributed by atoms with Crippen LogP contribution in [0, 0.1) is 0 Å². The van der Waals surface area contributed by atoms with Gasteiger partial charge in [-0.1, -0.05) is 18.6 Å². The van der Waals surface area contributed by atoms with Crippen LogP contribution in [0.5, 0.6) is 5.75 Å². The maximum Gasteiger partial charge on any atom is 0.183 e. The summed E-state index contributed by atoms with van der Waals surface area (Å²) in [5, 5.41) is 12.7. The predicted octanol–water partition coefficient (Wildman–Crippen LogP) is 1.72. The summed E-state index contributed by atoms with van der Waals surface area (Å²) in [7, 11) is 0. The highest BCUT2D eigenvalue weighted by atomic mass is 16.3. The number of hydrogen-bond donors (Lipinski definition) is 2. The number of phenols is 1. The first-order chi connectivity index (χ1) is 7.29. The quantitative estimate of drug-likeness (QED) is 0.723. The largest absolute Gasteiger partial charge is 0.507 e. The van der Waals surface area contributed by atoms with E-state index in [1.54, 1.807) is 24.3 Å². The number of hydrogen-bond acceptors (Lipinski definition) is 3. The van der Waals surface area contributed by atoms with E-state index in [1.807, 2.05) is 0 Å². The molecule has 0 radical (unpaired) electrons. The third-order valence-electron chi connectivity index (χ3n) is 2.80. The fourth-order valence-electron chi connectivity index (χ4n) is 1.95. The Morgan fingerprint density at radius 1 is 1.33 bits per heavy atom. The number of ketones is 1. The molecule has 0 bridgehead atoms. The monoisotopic (exact) mass is 205 g/mol. The number of para-hydroxylation sites is 1. The van der Waals surface area contributed by atoms with Gasteiger partial charge in [-0.2, -0.15) is 0 Å². The molecule has 0 aromatic heterocycles. The zero-order valence-electron chi connectivity index (χ0n) is 8.57. The van der Waals surface area contributed by atoms with E-state index < -0.39 is 0 Å². The Balaban J connectivity index is 2.16. The molecule has 1 atom stereocenters. The summed E-state index contributed by atoms with van der Waals surface area (Å²) < 4.78 is 0. The zero-order chi connectivity index (χ0) is 10.7. The van der Waals surface area contributed by atoms with Crippen LogP contribution in [0.25, 0.3) is 0 Å². The van der Waals surface area contributed by atoms with Gasteiger partial charge >= 0.3 is 0 Å². The summed E-state index contributed by atoms with van der Waals surface area (Å²) in [6.07, 6.45) is 3.08. The van der Waals surface area contributed by atoms with Crippen molar-refractivity contribution in [2.24, 2.45) is 0 Å².